The highest BCUT2D eigenvalue weighted by Gasteiger charge is 2.62. The minimum atomic E-state index is -1.09. The molecule has 0 aromatic heterocycles. The molecule has 14 N–H and O–H groups in total. The Morgan fingerprint density at radius 1 is 0.288 bits per heavy atom. The summed E-state index contributed by atoms with van der Waals surface area (Å²) in [6.45, 7) is 15.5. The molecule has 4 heterocycles. The van der Waals surface area contributed by atoms with E-state index in [1.54, 1.807) is 62.4 Å². The van der Waals surface area contributed by atoms with E-state index in [1.165, 1.54) is 98.9 Å². The van der Waals surface area contributed by atoms with Crippen molar-refractivity contribution in [3.8, 4) is 103 Å². The summed E-state index contributed by atoms with van der Waals surface area (Å²) in [5.41, 5.74) is 4.31. The van der Waals surface area contributed by atoms with Gasteiger partial charge < -0.3 is 90.4 Å². The number of ether oxygens (including phenoxy) is 4. The van der Waals surface area contributed by atoms with Crippen LogP contribution in [-0.4, -0.2) is 71.5 Å². The molecule has 552 valence electrons. The van der Waals surface area contributed by atoms with Gasteiger partial charge in [0.05, 0.1) is 0 Å². The van der Waals surface area contributed by atoms with Crippen molar-refractivity contribution in [1.29, 1.82) is 0 Å². The number of benzene rings is 8. The van der Waals surface area contributed by atoms with Crippen LogP contribution in [0.5, 0.6) is 103 Å². The van der Waals surface area contributed by atoms with Crippen molar-refractivity contribution < 1.29 is 90.4 Å². The third kappa shape index (κ3) is 12.2. The summed E-state index contributed by atoms with van der Waals surface area (Å²) < 4.78 is 25.8. The number of hydrogen-bond donors (Lipinski definition) is 14. The largest absolute Gasteiger partial charge is 0.508 e. The van der Waals surface area contributed by atoms with Crippen molar-refractivity contribution in [3.05, 3.63) is 177 Å². The molecule has 0 radical (unpaired) electrons. The topological polar surface area (TPSA) is 320 Å². The monoisotopic (exact) mass is 1420 g/mol. The average Bonchev–Trinajstić information content (AvgIpc) is 0.712. The van der Waals surface area contributed by atoms with Gasteiger partial charge in [-0.3, -0.25) is 0 Å². The zero-order valence-electron chi connectivity index (χ0n) is 60.7. The normalized spacial score (nSPS) is 25.3. The molecule has 18 heteroatoms. The molecule has 16 rings (SSSR count). The predicted molar refractivity (Wildman–Crippen MR) is 394 cm³/mol. The van der Waals surface area contributed by atoms with E-state index in [-0.39, 0.29) is 103 Å². The summed E-state index contributed by atoms with van der Waals surface area (Å²) in [5, 5.41) is 141. The molecule has 18 nitrogen and oxygen atoms in total. The SMILES string of the molecule is CC1(C)CC(C)(c2ccc(O)c(O)c2O)Oc2c1ccc(O)c2O.CC1(C)CC(C)(c2ccc(O)cc2O)Oc2cc(O)ccc21.Cc1c(O)ccc(C23CCCCC2C2(CCCCC2)c2ccc(O)c(C)c2O3)c1O.Oc1ccc(C23CCCCC2C2(CCCCC2)c2ccc(O)cc2O3)c(O)c1. The quantitative estimate of drug-likeness (QED) is 0.0728. The van der Waals surface area contributed by atoms with Gasteiger partial charge in [-0.05, 0) is 176 Å². The van der Waals surface area contributed by atoms with Gasteiger partial charge in [0, 0.05) is 115 Å². The predicted octanol–water partition coefficient (Wildman–Crippen LogP) is 18.6. The maximum Gasteiger partial charge on any atom is 0.200 e. The van der Waals surface area contributed by atoms with E-state index in [4.69, 9.17) is 18.9 Å². The number of fused-ring (bicyclic) bond motifs is 10. The molecule has 8 aromatic rings. The lowest BCUT2D eigenvalue weighted by atomic mass is 9.51. The van der Waals surface area contributed by atoms with Crippen LogP contribution in [0.15, 0.2) is 121 Å². The summed E-state index contributed by atoms with van der Waals surface area (Å²) in [5.74, 6) is 1.72. The zero-order valence-corrected chi connectivity index (χ0v) is 60.7. The molecule has 4 aliphatic carbocycles. The van der Waals surface area contributed by atoms with Crippen molar-refractivity contribution in [2.24, 2.45) is 11.8 Å². The molecular weight excluding hydrogens is 1320 g/mol. The van der Waals surface area contributed by atoms with Gasteiger partial charge in [0.25, 0.3) is 0 Å². The number of hydrogen-bond acceptors (Lipinski definition) is 18. The van der Waals surface area contributed by atoms with Gasteiger partial charge in [-0.25, -0.2) is 0 Å². The van der Waals surface area contributed by atoms with Crippen LogP contribution < -0.4 is 18.9 Å². The van der Waals surface area contributed by atoms with Crippen LogP contribution in [0.1, 0.15) is 226 Å². The molecule has 8 aromatic carbocycles. The van der Waals surface area contributed by atoms with Crippen molar-refractivity contribution in [3.63, 3.8) is 0 Å². The Kier molecular flexibility index (Phi) is 18.6. The summed E-state index contributed by atoms with van der Waals surface area (Å²) in [6, 6.07) is 33.4. The second-order valence-corrected chi connectivity index (χ2v) is 32.4. The molecular formula is C86H100O18. The van der Waals surface area contributed by atoms with Gasteiger partial charge in [0.2, 0.25) is 11.5 Å². The molecule has 0 saturated heterocycles. The van der Waals surface area contributed by atoms with Crippen LogP contribution in [0.2, 0.25) is 0 Å². The first kappa shape index (κ1) is 72.5. The zero-order chi connectivity index (χ0) is 74.4. The summed E-state index contributed by atoms with van der Waals surface area (Å²) in [6.07, 6.45) is 21.2. The summed E-state index contributed by atoms with van der Waals surface area (Å²) in [7, 11) is 0. The van der Waals surface area contributed by atoms with Crippen LogP contribution in [0, 0.1) is 25.7 Å². The average molecular weight is 1420 g/mol. The van der Waals surface area contributed by atoms with E-state index in [0.717, 1.165) is 104 Å². The third-order valence-corrected chi connectivity index (χ3v) is 24.8. The fourth-order valence-electron chi connectivity index (χ4n) is 20.2. The first-order chi connectivity index (χ1) is 49.2. The lowest BCUT2D eigenvalue weighted by Crippen LogP contribution is -2.57. The van der Waals surface area contributed by atoms with E-state index in [0.29, 0.717) is 29.7 Å². The van der Waals surface area contributed by atoms with Crippen molar-refractivity contribution in [1.82, 2.24) is 0 Å². The molecule has 2 spiro atoms. The summed E-state index contributed by atoms with van der Waals surface area (Å²) in [4.78, 5) is 0. The van der Waals surface area contributed by atoms with Crippen LogP contribution in [0.4, 0.5) is 0 Å². The van der Waals surface area contributed by atoms with E-state index in [2.05, 4.69) is 26.0 Å². The minimum absolute atomic E-state index is 0.00176. The Balaban J connectivity index is 0.000000124. The Hall–Kier alpha value is -9.84. The minimum Gasteiger partial charge on any atom is -0.508 e. The number of aromatic hydroxyl groups is 14. The van der Waals surface area contributed by atoms with Gasteiger partial charge in [0.1, 0.15) is 91.4 Å². The highest BCUT2D eigenvalue weighted by Crippen LogP contribution is 2.67. The van der Waals surface area contributed by atoms with Gasteiger partial charge >= 0.3 is 0 Å². The lowest BCUT2D eigenvalue weighted by molar-refractivity contribution is -0.0966. The standard InChI is InChI=1S/C26H32O4.C24H28O4.C18H20O6.C18H20O4/c1-16-20(27)11-9-18(23(16)29)26-15-7-4-8-22(26)25(13-5-3-6-14-25)19-10-12-21(28)17(2)24(19)30-26;25-16-7-9-18(20(27)14-16)24-13-5-2-6-22(24)23(11-3-1-4-12-23)19-10-8-17(26)15-21(19)28-24;1-17(2)8-18(3,9-4-6-11(19)14(22)13(9)21)24-16-10(17)5-7-12(20)15(16)23;1-17(2)10-18(3,13-6-4-11(19)8-15(13)21)22-16-9-12(20)5-7-14(16)17/h9-12,22,27-29H,3-8,13-15H2,1-2H3;7-10,14-15,22,25-27H,1-6,11-13H2;4-7,19-23H,8H2,1-3H3;4-9,19-21H,10H2,1-3H3. The van der Waals surface area contributed by atoms with Gasteiger partial charge in [-0.15, -0.1) is 0 Å². The van der Waals surface area contributed by atoms with Crippen LogP contribution >= 0.6 is 0 Å². The van der Waals surface area contributed by atoms with Crippen molar-refractivity contribution in [2.75, 3.05) is 0 Å². The fourth-order valence-corrected chi connectivity index (χ4v) is 20.2. The molecule has 8 aliphatic rings. The molecule has 4 saturated carbocycles. The third-order valence-electron chi connectivity index (χ3n) is 24.8. The smallest absolute Gasteiger partial charge is 0.200 e. The van der Waals surface area contributed by atoms with Crippen LogP contribution in [0.3, 0.4) is 0 Å². The second kappa shape index (κ2) is 26.7. The van der Waals surface area contributed by atoms with Gasteiger partial charge in [-0.2, -0.15) is 0 Å². The van der Waals surface area contributed by atoms with Crippen molar-refractivity contribution in [2.45, 2.75) is 228 Å². The Morgan fingerprint density at radius 3 is 1.25 bits per heavy atom. The van der Waals surface area contributed by atoms with Crippen molar-refractivity contribution >= 4 is 0 Å². The van der Waals surface area contributed by atoms with E-state index < -0.39 is 45.1 Å². The van der Waals surface area contributed by atoms with E-state index >= 15 is 0 Å². The Bertz CT molecular complexity index is 4600. The maximum atomic E-state index is 11.1. The first-order valence-electron chi connectivity index (χ1n) is 36.9. The molecule has 4 aliphatic heterocycles. The lowest BCUT2D eigenvalue weighted by Gasteiger charge is -2.59. The van der Waals surface area contributed by atoms with E-state index in [1.807, 2.05) is 52.0 Å². The highest BCUT2D eigenvalue weighted by atomic mass is 16.5. The molecule has 4 fully saturated rings. The Labute approximate surface area is 607 Å². The fraction of sp³-hybridized carbons (Fsp3) is 0.442. The number of rotatable bonds is 4. The highest BCUT2D eigenvalue weighted by molar-refractivity contribution is 5.63. The Morgan fingerprint density at radius 2 is 0.692 bits per heavy atom. The van der Waals surface area contributed by atoms with E-state index in [9.17, 15) is 71.5 Å². The first-order valence-corrected chi connectivity index (χ1v) is 36.9. The number of phenolic OH excluding ortho intramolecular Hbond substituents is 14. The molecule has 6 unspecified atom stereocenters. The van der Waals surface area contributed by atoms with Gasteiger partial charge in [0.15, 0.2) is 23.0 Å². The molecule has 0 amide bonds. The summed E-state index contributed by atoms with van der Waals surface area (Å²) >= 11 is 0. The van der Waals surface area contributed by atoms with Crippen LogP contribution in [0.25, 0.3) is 0 Å². The molecule has 104 heavy (non-hydrogen) atoms. The molecule has 6 atom stereocenters. The molecule has 0 bridgehead atoms. The number of phenols is 14. The second-order valence-electron chi connectivity index (χ2n) is 32.4. The van der Waals surface area contributed by atoms with Crippen LogP contribution in [-0.2, 0) is 44.1 Å². The maximum absolute atomic E-state index is 11.1. The van der Waals surface area contributed by atoms with Gasteiger partial charge in [-0.1, -0.05) is 103 Å².